The molecule has 4 heterocycles. The number of hydrogen-bond acceptors (Lipinski definition) is 7. The van der Waals surface area contributed by atoms with Gasteiger partial charge in [-0.1, -0.05) is 30.0 Å². The van der Waals surface area contributed by atoms with E-state index in [9.17, 15) is 0 Å². The highest BCUT2D eigenvalue weighted by atomic mass is 32.2. The van der Waals surface area contributed by atoms with Crippen molar-refractivity contribution in [2.24, 2.45) is 0 Å². The van der Waals surface area contributed by atoms with Crippen LogP contribution in [0.25, 0.3) is 11.0 Å². The number of aromatic nitrogens is 4. The van der Waals surface area contributed by atoms with Crippen molar-refractivity contribution < 1.29 is 0 Å². The third kappa shape index (κ3) is 5.74. The van der Waals surface area contributed by atoms with E-state index in [1.54, 1.807) is 11.8 Å². The number of imidazole rings is 1. The van der Waals surface area contributed by atoms with Crippen LogP contribution in [-0.2, 0) is 5.75 Å². The van der Waals surface area contributed by atoms with E-state index in [0.29, 0.717) is 0 Å². The Bertz CT molecular complexity index is 1170. The largest absolute Gasteiger partial charge is 0.354 e. The van der Waals surface area contributed by atoms with Crippen LogP contribution in [0.2, 0.25) is 0 Å². The Morgan fingerprint density at radius 1 is 0.912 bits per heavy atom. The van der Waals surface area contributed by atoms with Crippen molar-refractivity contribution in [2.75, 3.05) is 43.4 Å². The van der Waals surface area contributed by atoms with Gasteiger partial charge in [-0.05, 0) is 61.5 Å². The minimum absolute atomic E-state index is 0.820. The predicted octanol–water partition coefficient (Wildman–Crippen LogP) is 5.26. The highest BCUT2D eigenvalue weighted by Crippen LogP contribution is 2.28. The zero-order valence-electron chi connectivity index (χ0n) is 19.5. The molecule has 176 valence electrons. The highest BCUT2D eigenvalue weighted by molar-refractivity contribution is 7.99. The zero-order valence-corrected chi connectivity index (χ0v) is 21.1. The number of rotatable bonds is 9. The third-order valence-corrected chi connectivity index (χ3v) is 8.32. The first-order chi connectivity index (χ1) is 16.8. The molecule has 0 spiro atoms. The van der Waals surface area contributed by atoms with Gasteiger partial charge in [-0.3, -0.25) is 9.88 Å². The summed E-state index contributed by atoms with van der Waals surface area (Å²) < 4.78 is 0. The summed E-state index contributed by atoms with van der Waals surface area (Å²) in [5.74, 6) is 3.04. The number of H-pyrrole nitrogens is 1. The van der Waals surface area contributed by atoms with Gasteiger partial charge in [0.2, 0.25) is 0 Å². The highest BCUT2D eigenvalue weighted by Gasteiger charge is 2.17. The lowest BCUT2D eigenvalue weighted by Crippen LogP contribution is -2.47. The summed E-state index contributed by atoms with van der Waals surface area (Å²) in [4.78, 5) is 23.5. The number of fused-ring (bicyclic) bond motifs is 1. The normalized spacial score (nSPS) is 14.7. The molecule has 4 aromatic rings. The summed E-state index contributed by atoms with van der Waals surface area (Å²) in [7, 11) is 0. The number of aromatic amines is 1. The second kappa shape index (κ2) is 11.3. The lowest BCUT2D eigenvalue weighted by molar-refractivity contribution is 0.258. The van der Waals surface area contributed by atoms with Gasteiger partial charge in [0, 0.05) is 49.2 Å². The fraction of sp³-hybridized carbons (Fsp3) is 0.346. The van der Waals surface area contributed by atoms with Crippen molar-refractivity contribution in [3.05, 3.63) is 72.2 Å². The van der Waals surface area contributed by atoms with E-state index < -0.39 is 0 Å². The summed E-state index contributed by atoms with van der Waals surface area (Å²) in [6.45, 7) is 7.68. The van der Waals surface area contributed by atoms with Crippen molar-refractivity contribution in [3.63, 3.8) is 0 Å². The number of para-hydroxylation sites is 2. The molecule has 0 saturated carbocycles. The van der Waals surface area contributed by atoms with E-state index in [4.69, 9.17) is 0 Å². The fourth-order valence-corrected chi connectivity index (χ4v) is 6.10. The maximum Gasteiger partial charge on any atom is 0.166 e. The number of piperazine rings is 1. The molecule has 0 atom stereocenters. The summed E-state index contributed by atoms with van der Waals surface area (Å²) in [6.07, 6.45) is 5.02. The number of nitrogens with one attached hydrogen (secondary N) is 1. The molecule has 1 fully saturated rings. The lowest BCUT2D eigenvalue weighted by Gasteiger charge is -2.35. The molecule has 0 bridgehead atoms. The van der Waals surface area contributed by atoms with E-state index in [1.165, 1.54) is 16.9 Å². The Hall–Kier alpha value is -2.55. The van der Waals surface area contributed by atoms with Crippen LogP contribution in [0.3, 0.4) is 0 Å². The molecule has 0 radical (unpaired) electrons. The first kappa shape index (κ1) is 23.2. The first-order valence-corrected chi connectivity index (χ1v) is 13.8. The number of thioether (sulfide) groups is 2. The molecule has 34 heavy (non-hydrogen) atoms. The zero-order chi connectivity index (χ0) is 23.2. The fourth-order valence-electron chi connectivity index (χ4n) is 4.21. The SMILES string of the molecule is Cc1c(SCCCN2CCN(c3ccccn3)CC2)ccnc1CSc1nc2ccccc2[nH]1. The average Bonchev–Trinajstić information content (AvgIpc) is 3.31. The van der Waals surface area contributed by atoms with Gasteiger partial charge >= 0.3 is 0 Å². The van der Waals surface area contributed by atoms with Gasteiger partial charge in [-0.15, -0.1) is 11.8 Å². The second-order valence-corrected chi connectivity index (χ2v) is 10.5. The molecule has 1 saturated heterocycles. The number of pyridine rings is 2. The summed E-state index contributed by atoms with van der Waals surface area (Å²) >= 11 is 3.67. The quantitative estimate of drug-likeness (QED) is 0.254. The Morgan fingerprint density at radius 3 is 2.59 bits per heavy atom. The molecule has 1 aliphatic rings. The number of nitrogens with zero attached hydrogens (tertiary/aromatic N) is 5. The minimum Gasteiger partial charge on any atom is -0.354 e. The van der Waals surface area contributed by atoms with Crippen LogP contribution in [0.15, 0.2) is 71.0 Å². The third-order valence-electron chi connectivity index (χ3n) is 6.19. The van der Waals surface area contributed by atoms with Crippen molar-refractivity contribution in [1.29, 1.82) is 0 Å². The smallest absolute Gasteiger partial charge is 0.166 e. The molecular formula is C26H30N6S2. The van der Waals surface area contributed by atoms with Crippen molar-refractivity contribution in [1.82, 2.24) is 24.8 Å². The van der Waals surface area contributed by atoms with Crippen molar-refractivity contribution >= 4 is 40.4 Å². The van der Waals surface area contributed by atoms with Crippen LogP contribution in [0.4, 0.5) is 5.82 Å². The summed E-state index contributed by atoms with van der Waals surface area (Å²) in [5, 5.41) is 0.948. The first-order valence-electron chi connectivity index (χ1n) is 11.8. The van der Waals surface area contributed by atoms with Crippen LogP contribution in [-0.4, -0.2) is 63.3 Å². The van der Waals surface area contributed by atoms with Gasteiger partial charge in [0.25, 0.3) is 0 Å². The molecule has 0 amide bonds. The van der Waals surface area contributed by atoms with Crippen LogP contribution in [0.1, 0.15) is 17.7 Å². The van der Waals surface area contributed by atoms with Crippen molar-refractivity contribution in [3.8, 4) is 0 Å². The molecule has 6 nitrogen and oxygen atoms in total. The number of hydrogen-bond donors (Lipinski definition) is 1. The van der Waals surface area contributed by atoms with Gasteiger partial charge in [0.1, 0.15) is 5.82 Å². The van der Waals surface area contributed by atoms with Crippen LogP contribution >= 0.6 is 23.5 Å². The second-order valence-electron chi connectivity index (χ2n) is 8.45. The predicted molar refractivity (Wildman–Crippen MR) is 143 cm³/mol. The van der Waals surface area contributed by atoms with E-state index in [0.717, 1.165) is 71.9 Å². The van der Waals surface area contributed by atoms with Crippen LogP contribution in [0.5, 0.6) is 0 Å². The Kier molecular flexibility index (Phi) is 7.68. The van der Waals surface area contributed by atoms with Gasteiger partial charge in [0.05, 0.1) is 16.7 Å². The molecule has 5 rings (SSSR count). The molecule has 3 aromatic heterocycles. The van der Waals surface area contributed by atoms with E-state index in [1.807, 2.05) is 48.4 Å². The molecule has 1 aliphatic heterocycles. The van der Waals surface area contributed by atoms with Crippen molar-refractivity contribution in [2.45, 2.75) is 29.1 Å². The molecule has 8 heteroatoms. The molecule has 1 N–H and O–H groups in total. The van der Waals surface area contributed by atoms with Gasteiger partial charge in [-0.2, -0.15) is 0 Å². The Balaban J connectivity index is 1.07. The average molecular weight is 491 g/mol. The summed E-state index contributed by atoms with van der Waals surface area (Å²) in [5.41, 5.74) is 4.52. The van der Waals surface area contributed by atoms with Crippen LogP contribution < -0.4 is 4.90 Å². The minimum atomic E-state index is 0.820. The summed E-state index contributed by atoms with van der Waals surface area (Å²) in [6, 6.07) is 16.5. The van der Waals surface area contributed by atoms with E-state index >= 15 is 0 Å². The molecule has 0 aliphatic carbocycles. The number of anilines is 1. The van der Waals surface area contributed by atoms with Gasteiger partial charge in [-0.25, -0.2) is 9.97 Å². The van der Waals surface area contributed by atoms with Crippen LogP contribution in [0, 0.1) is 6.92 Å². The standard InChI is InChI=1S/C26H30N6S2/c1-20-23(19-34-26-29-21-7-2-3-8-22(21)30-26)27-12-10-24(20)33-18-6-13-31-14-16-32(17-15-31)25-9-4-5-11-28-25/h2-5,7-12H,6,13-19H2,1H3,(H,29,30). The van der Waals surface area contributed by atoms with Gasteiger partial charge < -0.3 is 9.88 Å². The Labute approximate surface area is 209 Å². The number of benzene rings is 1. The van der Waals surface area contributed by atoms with E-state index in [-0.39, 0.29) is 0 Å². The topological polar surface area (TPSA) is 60.9 Å². The maximum atomic E-state index is 4.67. The molecular weight excluding hydrogens is 460 g/mol. The maximum absolute atomic E-state index is 4.67. The lowest BCUT2D eigenvalue weighted by atomic mass is 10.2. The molecule has 1 aromatic carbocycles. The Morgan fingerprint density at radius 2 is 1.76 bits per heavy atom. The molecule has 0 unspecified atom stereocenters. The van der Waals surface area contributed by atoms with E-state index in [2.05, 4.69) is 60.9 Å². The monoisotopic (exact) mass is 490 g/mol. The van der Waals surface area contributed by atoms with Gasteiger partial charge in [0.15, 0.2) is 5.16 Å².